The monoisotopic (exact) mass is 390 g/mol. The number of aryl methyl sites for hydroxylation is 1. The number of hydrogen-bond acceptors (Lipinski definition) is 4. The summed E-state index contributed by atoms with van der Waals surface area (Å²) in [6.45, 7) is 3.07. The van der Waals surface area contributed by atoms with E-state index in [0.717, 1.165) is 15.8 Å². The van der Waals surface area contributed by atoms with Crippen LogP contribution in [0.3, 0.4) is 0 Å². The van der Waals surface area contributed by atoms with Crippen molar-refractivity contribution in [1.29, 1.82) is 0 Å². The molecular weight excluding hydrogens is 372 g/mol. The summed E-state index contributed by atoms with van der Waals surface area (Å²) >= 11 is 7.75. The van der Waals surface area contributed by atoms with Crippen LogP contribution in [0.5, 0.6) is 5.75 Å². The molecule has 136 valence electrons. The van der Waals surface area contributed by atoms with Crippen molar-refractivity contribution in [1.82, 2.24) is 4.57 Å². The predicted octanol–water partition coefficient (Wildman–Crippen LogP) is 4.06. The third kappa shape index (κ3) is 3.67. The minimum Gasteiger partial charge on any atom is -0.497 e. The number of rotatable bonds is 5. The molecule has 0 aliphatic carbocycles. The Balaban J connectivity index is 2.11. The van der Waals surface area contributed by atoms with Crippen LogP contribution in [0.15, 0.2) is 41.4 Å². The predicted molar refractivity (Wildman–Crippen MR) is 104 cm³/mol. The molecule has 2 aromatic carbocycles. The molecule has 3 aromatic rings. The van der Waals surface area contributed by atoms with Crippen LogP contribution in [0.4, 0.5) is 0 Å². The molecule has 0 aliphatic heterocycles. The van der Waals surface area contributed by atoms with E-state index >= 15 is 0 Å². The van der Waals surface area contributed by atoms with E-state index in [0.29, 0.717) is 34.3 Å². The number of carbonyl (C=O) groups excluding carboxylic acids is 1. The molecule has 0 unspecified atom stereocenters. The smallest absolute Gasteiger partial charge is 0.279 e. The van der Waals surface area contributed by atoms with Gasteiger partial charge in [-0.1, -0.05) is 22.9 Å². The van der Waals surface area contributed by atoms with Gasteiger partial charge >= 0.3 is 0 Å². The van der Waals surface area contributed by atoms with Crippen molar-refractivity contribution in [2.75, 3.05) is 20.8 Å². The summed E-state index contributed by atoms with van der Waals surface area (Å²) in [5.74, 6) is 0.401. The van der Waals surface area contributed by atoms with Gasteiger partial charge in [-0.3, -0.25) is 4.79 Å². The molecule has 0 aliphatic rings. The molecule has 0 atom stereocenters. The molecule has 0 fully saturated rings. The van der Waals surface area contributed by atoms with Crippen LogP contribution in [-0.4, -0.2) is 31.3 Å². The van der Waals surface area contributed by atoms with E-state index < -0.39 is 0 Å². The number of ether oxygens (including phenoxy) is 2. The van der Waals surface area contributed by atoms with Crippen LogP contribution in [0, 0.1) is 6.92 Å². The number of methoxy groups -OCH3 is 2. The first kappa shape index (κ1) is 18.6. The second kappa shape index (κ2) is 8.03. The zero-order chi connectivity index (χ0) is 18.7. The topological polar surface area (TPSA) is 52.8 Å². The van der Waals surface area contributed by atoms with Crippen molar-refractivity contribution in [2.24, 2.45) is 4.99 Å². The maximum absolute atomic E-state index is 12.6. The van der Waals surface area contributed by atoms with Gasteiger partial charge in [0.2, 0.25) is 0 Å². The Morgan fingerprint density at radius 2 is 1.92 bits per heavy atom. The van der Waals surface area contributed by atoms with Gasteiger partial charge in [-0.2, -0.15) is 4.99 Å². The van der Waals surface area contributed by atoms with Crippen molar-refractivity contribution in [3.05, 3.63) is 57.3 Å². The highest BCUT2D eigenvalue weighted by Crippen LogP contribution is 2.27. The molecule has 5 nitrogen and oxygen atoms in total. The Kier molecular flexibility index (Phi) is 5.76. The average molecular weight is 391 g/mol. The number of hydrogen-bond donors (Lipinski definition) is 0. The van der Waals surface area contributed by atoms with Gasteiger partial charge in [0.05, 0.1) is 23.9 Å². The molecule has 7 heteroatoms. The molecule has 0 N–H and O–H groups in total. The Labute approximate surface area is 160 Å². The lowest BCUT2D eigenvalue weighted by atomic mass is 10.2. The van der Waals surface area contributed by atoms with Gasteiger partial charge in [-0.25, -0.2) is 0 Å². The van der Waals surface area contributed by atoms with E-state index in [1.807, 2.05) is 23.6 Å². The Hall–Kier alpha value is -2.15. The third-order valence-electron chi connectivity index (χ3n) is 4.08. The summed E-state index contributed by atoms with van der Waals surface area (Å²) in [7, 11) is 3.23. The average Bonchev–Trinajstić information content (AvgIpc) is 3.00. The molecule has 26 heavy (non-hydrogen) atoms. The van der Waals surface area contributed by atoms with Crippen LogP contribution in [0.25, 0.3) is 10.2 Å². The van der Waals surface area contributed by atoms with Gasteiger partial charge in [-0.15, -0.1) is 0 Å². The quantitative estimate of drug-likeness (QED) is 0.660. The maximum Gasteiger partial charge on any atom is 0.279 e. The molecule has 3 rings (SSSR count). The van der Waals surface area contributed by atoms with Gasteiger partial charge in [0.25, 0.3) is 5.91 Å². The van der Waals surface area contributed by atoms with Gasteiger partial charge in [0.1, 0.15) is 5.75 Å². The minimum atomic E-state index is -0.297. The molecule has 0 bridgehead atoms. The standard InChI is InChI=1S/C19H19ClN2O3S/c1-12-15(20)8-9-16-17(12)22(10-11-24-2)19(26-16)21-18(23)13-4-6-14(25-3)7-5-13/h4-9H,10-11H2,1-3H3. The molecule has 1 heterocycles. The summed E-state index contributed by atoms with van der Waals surface area (Å²) in [5.41, 5.74) is 2.46. The molecule has 0 spiro atoms. The number of thiazole rings is 1. The SMILES string of the molecule is COCCn1c(=NC(=O)c2ccc(OC)cc2)sc2ccc(Cl)c(C)c21. The molecule has 1 aromatic heterocycles. The lowest BCUT2D eigenvalue weighted by Gasteiger charge is -2.07. The van der Waals surface area contributed by atoms with Gasteiger partial charge in [0, 0.05) is 24.2 Å². The summed E-state index contributed by atoms with van der Waals surface area (Å²) in [4.78, 5) is 17.6. The number of aromatic nitrogens is 1. The van der Waals surface area contributed by atoms with E-state index in [1.165, 1.54) is 11.3 Å². The van der Waals surface area contributed by atoms with Gasteiger partial charge < -0.3 is 14.0 Å². The highest BCUT2D eigenvalue weighted by molar-refractivity contribution is 7.16. The van der Waals surface area contributed by atoms with Crippen LogP contribution >= 0.6 is 22.9 Å². The number of halogens is 1. The Bertz CT molecular complexity index is 1010. The molecule has 0 radical (unpaired) electrons. The number of carbonyl (C=O) groups is 1. The van der Waals surface area contributed by atoms with Gasteiger partial charge in [-0.05, 0) is 48.9 Å². The number of nitrogens with zero attached hydrogens (tertiary/aromatic N) is 2. The van der Waals surface area contributed by atoms with Crippen LogP contribution < -0.4 is 9.54 Å². The number of benzene rings is 2. The maximum atomic E-state index is 12.6. The highest BCUT2D eigenvalue weighted by atomic mass is 35.5. The lowest BCUT2D eigenvalue weighted by molar-refractivity contribution is 0.0997. The van der Waals surface area contributed by atoms with Crippen molar-refractivity contribution < 1.29 is 14.3 Å². The van der Waals surface area contributed by atoms with Crippen LogP contribution in [0.1, 0.15) is 15.9 Å². The summed E-state index contributed by atoms with van der Waals surface area (Å²) in [6.07, 6.45) is 0. The zero-order valence-corrected chi connectivity index (χ0v) is 16.4. The fraction of sp³-hybridized carbons (Fsp3) is 0.263. The molecule has 0 saturated heterocycles. The largest absolute Gasteiger partial charge is 0.497 e. The zero-order valence-electron chi connectivity index (χ0n) is 14.8. The number of amides is 1. The fourth-order valence-electron chi connectivity index (χ4n) is 2.68. The van der Waals surface area contributed by atoms with E-state index in [2.05, 4.69) is 4.99 Å². The van der Waals surface area contributed by atoms with E-state index in [9.17, 15) is 4.79 Å². The van der Waals surface area contributed by atoms with Crippen molar-refractivity contribution in [2.45, 2.75) is 13.5 Å². The van der Waals surface area contributed by atoms with Crippen molar-refractivity contribution in [3.8, 4) is 5.75 Å². The second-order valence-electron chi connectivity index (χ2n) is 5.69. The fourth-order valence-corrected chi connectivity index (χ4v) is 3.94. The lowest BCUT2D eigenvalue weighted by Crippen LogP contribution is -2.19. The summed E-state index contributed by atoms with van der Waals surface area (Å²) < 4.78 is 13.4. The normalized spacial score (nSPS) is 11.9. The Morgan fingerprint density at radius 1 is 1.19 bits per heavy atom. The molecule has 0 saturated carbocycles. The van der Waals surface area contributed by atoms with E-state index in [1.54, 1.807) is 38.5 Å². The van der Waals surface area contributed by atoms with Gasteiger partial charge in [0.15, 0.2) is 4.80 Å². The first-order valence-electron chi connectivity index (χ1n) is 8.05. The molecular formula is C19H19ClN2O3S. The minimum absolute atomic E-state index is 0.297. The third-order valence-corrected chi connectivity index (χ3v) is 5.54. The van der Waals surface area contributed by atoms with Crippen LogP contribution in [-0.2, 0) is 11.3 Å². The van der Waals surface area contributed by atoms with Crippen molar-refractivity contribution in [3.63, 3.8) is 0 Å². The Morgan fingerprint density at radius 3 is 2.58 bits per heavy atom. The summed E-state index contributed by atoms with van der Waals surface area (Å²) in [5, 5.41) is 0.689. The summed E-state index contributed by atoms with van der Waals surface area (Å²) in [6, 6.07) is 10.7. The first-order valence-corrected chi connectivity index (χ1v) is 9.25. The van der Waals surface area contributed by atoms with E-state index in [4.69, 9.17) is 21.1 Å². The second-order valence-corrected chi connectivity index (χ2v) is 7.11. The van der Waals surface area contributed by atoms with E-state index in [-0.39, 0.29) is 5.91 Å². The number of fused-ring (bicyclic) bond motifs is 1. The highest BCUT2D eigenvalue weighted by Gasteiger charge is 2.13. The molecule has 1 amide bonds. The van der Waals surface area contributed by atoms with Crippen molar-refractivity contribution >= 4 is 39.1 Å². The van der Waals surface area contributed by atoms with Crippen LogP contribution in [0.2, 0.25) is 5.02 Å². The first-order chi connectivity index (χ1) is 12.5.